The molecule has 0 N–H and O–H groups in total. The molecule has 0 fully saturated rings. The van der Waals surface area contributed by atoms with E-state index in [-0.39, 0.29) is 32.7 Å². The number of hydrogen-bond acceptors (Lipinski definition) is 6. The molecule has 0 spiro atoms. The summed E-state index contributed by atoms with van der Waals surface area (Å²) in [5.41, 5.74) is 0. The first kappa shape index (κ1) is 14.1. The van der Waals surface area contributed by atoms with Crippen molar-refractivity contribution in [2.24, 2.45) is 0 Å². The van der Waals surface area contributed by atoms with Gasteiger partial charge < -0.3 is 0 Å². The zero-order chi connectivity index (χ0) is 11.6. The molecule has 0 radical (unpaired) electrons. The second-order valence-electron chi connectivity index (χ2n) is 2.35. The number of hydrogen-bond donors (Lipinski definition) is 0. The van der Waals surface area contributed by atoms with Crippen LogP contribution in [-0.2, 0) is 18.1 Å². The third-order valence-electron chi connectivity index (χ3n) is 1.21. The van der Waals surface area contributed by atoms with Crippen molar-refractivity contribution >= 4 is 7.82 Å². The molecule has 0 bridgehead atoms. The predicted molar refractivity (Wildman–Crippen MR) is 51.6 cm³/mol. The fraction of sp³-hybridized carbons (Fsp3) is 0.750. The van der Waals surface area contributed by atoms with E-state index in [0.29, 0.717) is 0 Å². The highest BCUT2D eigenvalue weighted by Crippen LogP contribution is 2.49. The fourth-order valence-electron chi connectivity index (χ4n) is 0.676. The molecule has 0 atom stereocenters. The first-order valence-corrected chi connectivity index (χ1v) is 5.92. The van der Waals surface area contributed by atoms with Gasteiger partial charge in [-0.05, 0) is 6.92 Å². The van der Waals surface area contributed by atoms with E-state index in [2.05, 4.69) is 0 Å². The number of phosphoric ester groups is 1. The van der Waals surface area contributed by atoms with Gasteiger partial charge in [0.25, 0.3) is 0 Å². The molecule has 0 amide bonds. The molecule has 7 heteroatoms. The standard InChI is InChI=1S/C8H13N2O4P/c1-2-12-15(11,13-7-3-5-9)14-8-4-6-10/h2-4,7-8H2,1H3. The van der Waals surface area contributed by atoms with Crippen LogP contribution in [0, 0.1) is 22.7 Å². The van der Waals surface area contributed by atoms with Gasteiger partial charge >= 0.3 is 7.82 Å². The van der Waals surface area contributed by atoms with Crippen LogP contribution in [0.15, 0.2) is 0 Å². The normalized spacial score (nSPS) is 10.6. The SMILES string of the molecule is CCOP(=O)(OCCC#N)OCCC#N. The number of nitriles is 2. The van der Waals surface area contributed by atoms with Crippen LogP contribution in [0.25, 0.3) is 0 Å². The van der Waals surface area contributed by atoms with E-state index in [1.165, 1.54) is 0 Å². The summed E-state index contributed by atoms with van der Waals surface area (Å²) in [5.74, 6) is 0. The van der Waals surface area contributed by atoms with Gasteiger partial charge in [-0.1, -0.05) is 0 Å². The molecule has 0 aliphatic carbocycles. The lowest BCUT2D eigenvalue weighted by molar-refractivity contribution is 0.121. The Morgan fingerprint density at radius 1 is 1.07 bits per heavy atom. The van der Waals surface area contributed by atoms with Crippen molar-refractivity contribution in [3.63, 3.8) is 0 Å². The molecule has 0 rings (SSSR count). The minimum Gasteiger partial charge on any atom is -0.287 e. The van der Waals surface area contributed by atoms with Gasteiger partial charge in [0, 0.05) is 0 Å². The lowest BCUT2D eigenvalue weighted by atomic mass is 10.5. The molecule has 0 aromatic carbocycles. The Morgan fingerprint density at radius 3 is 1.87 bits per heavy atom. The molecule has 15 heavy (non-hydrogen) atoms. The summed E-state index contributed by atoms with van der Waals surface area (Å²) in [6, 6.07) is 3.68. The maximum atomic E-state index is 11.7. The Balaban J connectivity index is 4.03. The summed E-state index contributed by atoms with van der Waals surface area (Å²) in [6.07, 6.45) is 0.220. The van der Waals surface area contributed by atoms with Crippen molar-refractivity contribution in [1.82, 2.24) is 0 Å². The number of nitrogens with zero attached hydrogens (tertiary/aromatic N) is 2. The largest absolute Gasteiger partial charge is 0.474 e. The molecule has 84 valence electrons. The summed E-state index contributed by atoms with van der Waals surface area (Å²) in [6.45, 7) is 1.80. The molecule has 0 aromatic rings. The van der Waals surface area contributed by atoms with Crippen molar-refractivity contribution in [1.29, 1.82) is 10.5 Å². The molecular formula is C8H13N2O4P. The van der Waals surface area contributed by atoms with Crippen LogP contribution in [-0.4, -0.2) is 19.8 Å². The monoisotopic (exact) mass is 232 g/mol. The fourth-order valence-corrected chi connectivity index (χ4v) is 1.85. The second-order valence-corrected chi connectivity index (χ2v) is 4.02. The Kier molecular flexibility index (Phi) is 7.89. The lowest BCUT2D eigenvalue weighted by Crippen LogP contribution is -2.02. The highest BCUT2D eigenvalue weighted by Gasteiger charge is 2.25. The summed E-state index contributed by atoms with van der Waals surface area (Å²) in [4.78, 5) is 0. The zero-order valence-electron chi connectivity index (χ0n) is 8.51. The molecule has 0 aliphatic rings. The Bertz CT molecular complexity index is 270. The van der Waals surface area contributed by atoms with E-state index < -0.39 is 7.82 Å². The minimum atomic E-state index is -3.58. The quantitative estimate of drug-likeness (QED) is 0.469. The van der Waals surface area contributed by atoms with Gasteiger partial charge in [0.15, 0.2) is 0 Å². The van der Waals surface area contributed by atoms with Crippen molar-refractivity contribution in [2.45, 2.75) is 19.8 Å². The van der Waals surface area contributed by atoms with Crippen LogP contribution >= 0.6 is 7.82 Å². The van der Waals surface area contributed by atoms with Crippen molar-refractivity contribution in [3.05, 3.63) is 0 Å². The molecule has 0 saturated heterocycles. The van der Waals surface area contributed by atoms with Crippen LogP contribution in [0.3, 0.4) is 0 Å². The van der Waals surface area contributed by atoms with E-state index >= 15 is 0 Å². The molecule has 0 saturated carbocycles. The van der Waals surface area contributed by atoms with Crippen molar-refractivity contribution in [2.75, 3.05) is 19.8 Å². The summed E-state index contributed by atoms with van der Waals surface area (Å²) < 4.78 is 26.2. The van der Waals surface area contributed by atoms with Gasteiger partial charge in [0.1, 0.15) is 0 Å². The minimum absolute atomic E-state index is 0.0136. The summed E-state index contributed by atoms with van der Waals surface area (Å²) in [5, 5.41) is 16.5. The summed E-state index contributed by atoms with van der Waals surface area (Å²) in [7, 11) is -3.58. The van der Waals surface area contributed by atoms with Crippen molar-refractivity contribution < 1.29 is 18.1 Å². The van der Waals surface area contributed by atoms with Crippen LogP contribution in [0.4, 0.5) is 0 Å². The molecule has 6 nitrogen and oxygen atoms in total. The molecule has 0 aromatic heterocycles. The average Bonchev–Trinajstić information content (AvgIpc) is 2.19. The van der Waals surface area contributed by atoms with Gasteiger partial charge in [-0.15, -0.1) is 0 Å². The van der Waals surface area contributed by atoms with E-state index in [4.69, 9.17) is 24.1 Å². The number of rotatable bonds is 8. The van der Waals surface area contributed by atoms with E-state index in [1.807, 2.05) is 12.1 Å². The Hall–Kier alpha value is -0.910. The maximum Gasteiger partial charge on any atom is 0.474 e. The lowest BCUT2D eigenvalue weighted by Gasteiger charge is -2.15. The maximum absolute atomic E-state index is 11.7. The highest BCUT2D eigenvalue weighted by atomic mass is 31.2. The van der Waals surface area contributed by atoms with E-state index in [0.717, 1.165) is 0 Å². The van der Waals surface area contributed by atoms with Gasteiger partial charge in [-0.2, -0.15) is 10.5 Å². The zero-order valence-corrected chi connectivity index (χ0v) is 9.40. The van der Waals surface area contributed by atoms with Gasteiger partial charge in [-0.25, -0.2) is 4.57 Å². The second kappa shape index (κ2) is 8.40. The average molecular weight is 232 g/mol. The smallest absolute Gasteiger partial charge is 0.287 e. The van der Waals surface area contributed by atoms with Gasteiger partial charge in [-0.3, -0.25) is 13.6 Å². The Labute approximate surface area is 89.0 Å². The van der Waals surface area contributed by atoms with Crippen LogP contribution < -0.4 is 0 Å². The predicted octanol–water partition coefficient (Wildman–Crippen LogP) is 1.99. The van der Waals surface area contributed by atoms with Crippen LogP contribution in [0.1, 0.15) is 19.8 Å². The van der Waals surface area contributed by atoms with E-state index in [9.17, 15) is 4.57 Å². The topological polar surface area (TPSA) is 92.3 Å². The van der Waals surface area contributed by atoms with Crippen LogP contribution in [0.2, 0.25) is 0 Å². The third kappa shape index (κ3) is 7.07. The van der Waals surface area contributed by atoms with Crippen LogP contribution in [0.5, 0.6) is 0 Å². The highest BCUT2D eigenvalue weighted by molar-refractivity contribution is 7.48. The Morgan fingerprint density at radius 2 is 1.53 bits per heavy atom. The summed E-state index contributed by atoms with van der Waals surface area (Å²) >= 11 is 0. The molecular weight excluding hydrogens is 219 g/mol. The van der Waals surface area contributed by atoms with Gasteiger partial charge in [0.2, 0.25) is 0 Å². The third-order valence-corrected chi connectivity index (χ3v) is 2.79. The van der Waals surface area contributed by atoms with Crippen molar-refractivity contribution in [3.8, 4) is 12.1 Å². The van der Waals surface area contributed by atoms with Gasteiger partial charge in [0.05, 0.1) is 44.8 Å². The number of phosphoric acid groups is 1. The molecule has 0 heterocycles. The van der Waals surface area contributed by atoms with E-state index in [1.54, 1.807) is 6.92 Å². The first-order chi connectivity index (χ1) is 7.18. The molecule has 0 aliphatic heterocycles. The molecule has 0 unspecified atom stereocenters. The first-order valence-electron chi connectivity index (χ1n) is 4.46.